The normalized spacial score (nSPS) is 18.9. The summed E-state index contributed by atoms with van der Waals surface area (Å²) < 4.78 is 54.5. The molecule has 2 atom stereocenters. The zero-order valence-electron chi connectivity index (χ0n) is 18.6. The van der Waals surface area contributed by atoms with Gasteiger partial charge in [-0.1, -0.05) is 12.1 Å². The fourth-order valence-electron chi connectivity index (χ4n) is 3.77. The van der Waals surface area contributed by atoms with E-state index in [-0.39, 0.29) is 23.4 Å². The third-order valence-electron chi connectivity index (χ3n) is 5.72. The van der Waals surface area contributed by atoms with Crippen molar-refractivity contribution < 1.29 is 26.8 Å². The third-order valence-corrected chi connectivity index (χ3v) is 7.59. The van der Waals surface area contributed by atoms with E-state index in [0.717, 1.165) is 17.7 Å². The van der Waals surface area contributed by atoms with Gasteiger partial charge >= 0.3 is 0 Å². The molecule has 0 bridgehead atoms. The molecule has 1 heterocycles. The Morgan fingerprint density at radius 1 is 1.06 bits per heavy atom. The summed E-state index contributed by atoms with van der Waals surface area (Å²) >= 11 is 0. The van der Waals surface area contributed by atoms with Gasteiger partial charge in [0, 0.05) is 49.3 Å². The van der Waals surface area contributed by atoms with Gasteiger partial charge in [-0.15, -0.1) is 0 Å². The molecule has 7 nitrogen and oxygen atoms in total. The summed E-state index contributed by atoms with van der Waals surface area (Å²) in [5, 5.41) is 2.00. The Bertz CT molecular complexity index is 1120. The van der Waals surface area contributed by atoms with Gasteiger partial charge in [0.1, 0.15) is 11.6 Å². The first-order valence-electron chi connectivity index (χ1n) is 10.6. The summed E-state index contributed by atoms with van der Waals surface area (Å²) in [6.45, 7) is 5.49. The standard InChI is InChI=1S/C23H27F2N3O4S/c1-14(2)33(31,32)27-22-8-9-28(15(3)29)13-21(22)16-4-6-20(7-5-16)26-23(30)17-10-18(24)12-19(25)11-17/h4-7,10-12,14,21-22,27H,8-9,13H2,1-3H3,(H,26,30). The Hall–Kier alpha value is -2.85. The Labute approximate surface area is 192 Å². The quantitative estimate of drug-likeness (QED) is 0.665. The molecule has 1 saturated heterocycles. The number of rotatable bonds is 6. The van der Waals surface area contributed by atoms with E-state index < -0.39 is 32.8 Å². The average molecular weight is 480 g/mol. The molecule has 0 spiro atoms. The Balaban J connectivity index is 1.80. The van der Waals surface area contributed by atoms with Gasteiger partial charge in [0.05, 0.1) is 5.25 Å². The van der Waals surface area contributed by atoms with Crippen molar-refractivity contribution in [2.75, 3.05) is 18.4 Å². The molecule has 2 aromatic rings. The number of likely N-dealkylation sites (tertiary alicyclic amines) is 1. The van der Waals surface area contributed by atoms with Crippen LogP contribution in [0.1, 0.15) is 49.0 Å². The molecular weight excluding hydrogens is 452 g/mol. The Kier molecular flexibility index (Phi) is 7.48. The van der Waals surface area contributed by atoms with Gasteiger partial charge in [0.2, 0.25) is 15.9 Å². The average Bonchev–Trinajstić information content (AvgIpc) is 2.73. The number of carbonyl (C=O) groups excluding carboxylic acids is 2. The second-order valence-electron chi connectivity index (χ2n) is 8.41. The van der Waals surface area contributed by atoms with E-state index in [4.69, 9.17) is 0 Å². The van der Waals surface area contributed by atoms with Gasteiger partial charge in [0.15, 0.2) is 0 Å². The van der Waals surface area contributed by atoms with Crippen LogP contribution >= 0.6 is 0 Å². The molecular formula is C23H27F2N3O4S. The molecule has 178 valence electrons. The molecule has 0 radical (unpaired) electrons. The molecule has 2 aromatic carbocycles. The van der Waals surface area contributed by atoms with Crippen LogP contribution in [0.4, 0.5) is 14.5 Å². The second-order valence-corrected chi connectivity index (χ2v) is 10.7. The lowest BCUT2D eigenvalue weighted by Crippen LogP contribution is -2.51. The number of hydrogen-bond acceptors (Lipinski definition) is 4. The van der Waals surface area contributed by atoms with E-state index in [1.807, 2.05) is 0 Å². The summed E-state index contributed by atoms with van der Waals surface area (Å²) in [4.78, 5) is 25.9. The SMILES string of the molecule is CC(=O)N1CCC(NS(=O)(=O)C(C)C)C(c2ccc(NC(=O)c3cc(F)cc(F)c3)cc2)C1. The Morgan fingerprint density at radius 3 is 2.21 bits per heavy atom. The highest BCUT2D eigenvalue weighted by Crippen LogP contribution is 2.29. The fourth-order valence-corrected chi connectivity index (χ4v) is 4.74. The van der Waals surface area contributed by atoms with E-state index in [1.165, 1.54) is 6.92 Å². The highest BCUT2D eigenvalue weighted by Gasteiger charge is 2.34. The zero-order chi connectivity index (χ0) is 24.3. The summed E-state index contributed by atoms with van der Waals surface area (Å²) in [5.74, 6) is -2.73. The van der Waals surface area contributed by atoms with Crippen molar-refractivity contribution >= 4 is 27.5 Å². The number of carbonyl (C=O) groups is 2. The van der Waals surface area contributed by atoms with E-state index in [1.54, 1.807) is 43.0 Å². The Morgan fingerprint density at radius 2 is 1.67 bits per heavy atom. The molecule has 1 fully saturated rings. The van der Waals surface area contributed by atoms with Crippen LogP contribution in [0, 0.1) is 11.6 Å². The number of amides is 2. The van der Waals surface area contributed by atoms with Crippen LogP contribution in [0.15, 0.2) is 42.5 Å². The fraction of sp³-hybridized carbons (Fsp3) is 0.391. The van der Waals surface area contributed by atoms with Crippen LogP contribution in [-0.4, -0.2) is 49.5 Å². The minimum atomic E-state index is -3.51. The number of piperidine rings is 1. The van der Waals surface area contributed by atoms with Crippen molar-refractivity contribution in [3.8, 4) is 0 Å². The molecule has 0 aliphatic carbocycles. The van der Waals surface area contributed by atoms with Crippen LogP contribution in [-0.2, 0) is 14.8 Å². The van der Waals surface area contributed by atoms with Crippen molar-refractivity contribution in [2.24, 2.45) is 0 Å². The highest BCUT2D eigenvalue weighted by molar-refractivity contribution is 7.90. The summed E-state index contributed by atoms with van der Waals surface area (Å²) in [7, 11) is -3.51. The minimum Gasteiger partial charge on any atom is -0.342 e. The van der Waals surface area contributed by atoms with Crippen molar-refractivity contribution in [3.05, 3.63) is 65.2 Å². The third kappa shape index (κ3) is 6.14. The summed E-state index contributed by atoms with van der Waals surface area (Å²) in [5.41, 5.74) is 1.06. The van der Waals surface area contributed by atoms with Gasteiger partial charge in [-0.05, 0) is 50.1 Å². The smallest absolute Gasteiger partial charge is 0.255 e. The van der Waals surface area contributed by atoms with E-state index in [0.29, 0.717) is 31.3 Å². The molecule has 1 aliphatic rings. The van der Waals surface area contributed by atoms with E-state index in [9.17, 15) is 26.8 Å². The topological polar surface area (TPSA) is 95.6 Å². The summed E-state index contributed by atoms with van der Waals surface area (Å²) in [6.07, 6.45) is 0.472. The van der Waals surface area contributed by atoms with Crippen LogP contribution in [0.5, 0.6) is 0 Å². The first kappa shape index (κ1) is 24.8. The number of nitrogens with zero attached hydrogens (tertiary/aromatic N) is 1. The molecule has 0 saturated carbocycles. The number of benzene rings is 2. The van der Waals surface area contributed by atoms with Crippen molar-refractivity contribution in [2.45, 2.75) is 44.4 Å². The van der Waals surface area contributed by atoms with E-state index in [2.05, 4.69) is 10.0 Å². The van der Waals surface area contributed by atoms with Crippen LogP contribution < -0.4 is 10.0 Å². The van der Waals surface area contributed by atoms with Gasteiger partial charge in [-0.2, -0.15) is 0 Å². The lowest BCUT2D eigenvalue weighted by Gasteiger charge is -2.39. The predicted octanol–water partition coefficient (Wildman–Crippen LogP) is 3.25. The molecule has 2 N–H and O–H groups in total. The van der Waals surface area contributed by atoms with Crippen molar-refractivity contribution in [1.29, 1.82) is 0 Å². The number of sulfonamides is 1. The van der Waals surface area contributed by atoms with Gasteiger partial charge in [0.25, 0.3) is 5.91 Å². The van der Waals surface area contributed by atoms with E-state index >= 15 is 0 Å². The van der Waals surface area contributed by atoms with Gasteiger partial charge in [-0.3, -0.25) is 9.59 Å². The summed E-state index contributed by atoms with van der Waals surface area (Å²) in [6, 6.07) is 8.92. The van der Waals surface area contributed by atoms with Crippen molar-refractivity contribution in [3.63, 3.8) is 0 Å². The van der Waals surface area contributed by atoms with Crippen LogP contribution in [0.2, 0.25) is 0 Å². The minimum absolute atomic E-state index is 0.0867. The zero-order valence-corrected chi connectivity index (χ0v) is 19.5. The molecule has 3 rings (SSSR count). The maximum atomic E-state index is 13.4. The van der Waals surface area contributed by atoms with Crippen molar-refractivity contribution in [1.82, 2.24) is 9.62 Å². The maximum absolute atomic E-state index is 13.4. The number of nitrogens with one attached hydrogen (secondary N) is 2. The molecule has 10 heteroatoms. The highest BCUT2D eigenvalue weighted by atomic mass is 32.2. The molecule has 33 heavy (non-hydrogen) atoms. The second kappa shape index (κ2) is 9.96. The molecule has 2 amide bonds. The monoisotopic (exact) mass is 479 g/mol. The lowest BCUT2D eigenvalue weighted by atomic mass is 9.86. The largest absolute Gasteiger partial charge is 0.342 e. The molecule has 0 aromatic heterocycles. The van der Waals surface area contributed by atoms with Gasteiger partial charge < -0.3 is 10.2 Å². The number of anilines is 1. The van der Waals surface area contributed by atoms with Gasteiger partial charge in [-0.25, -0.2) is 21.9 Å². The lowest BCUT2D eigenvalue weighted by molar-refractivity contribution is -0.130. The number of halogens is 2. The molecule has 1 aliphatic heterocycles. The first-order valence-corrected chi connectivity index (χ1v) is 12.1. The maximum Gasteiger partial charge on any atom is 0.255 e. The first-order chi connectivity index (χ1) is 15.5. The molecule has 2 unspecified atom stereocenters. The predicted molar refractivity (Wildman–Crippen MR) is 121 cm³/mol. The number of hydrogen-bond donors (Lipinski definition) is 2. The van der Waals surface area contributed by atoms with Crippen LogP contribution in [0.3, 0.4) is 0 Å². The van der Waals surface area contributed by atoms with Crippen LogP contribution in [0.25, 0.3) is 0 Å².